The molecule has 2 N–H and O–H groups in total. The first kappa shape index (κ1) is 9.68. The van der Waals surface area contributed by atoms with Gasteiger partial charge in [-0.2, -0.15) is 0 Å². The Morgan fingerprint density at radius 2 is 2.14 bits per heavy atom. The van der Waals surface area contributed by atoms with Gasteiger partial charge in [0.15, 0.2) is 0 Å². The normalized spacial score (nSPS) is 5.71. The van der Waals surface area contributed by atoms with E-state index in [-0.39, 0.29) is 17.9 Å². The van der Waals surface area contributed by atoms with Crippen LogP contribution in [0.5, 0.6) is 0 Å². The van der Waals surface area contributed by atoms with E-state index in [9.17, 15) is 0 Å². The van der Waals surface area contributed by atoms with Gasteiger partial charge in [0.2, 0.25) is 0 Å². The molecule has 0 saturated carbocycles. The van der Waals surface area contributed by atoms with Crippen molar-refractivity contribution in [3.63, 3.8) is 0 Å². The van der Waals surface area contributed by atoms with Gasteiger partial charge in [-0.25, -0.2) is 0 Å². The maximum atomic E-state index is 4.33. The van der Waals surface area contributed by atoms with Crippen molar-refractivity contribution in [2.75, 3.05) is 0 Å². The summed E-state index contributed by atoms with van der Waals surface area (Å²) < 4.78 is 4.33. The van der Waals surface area contributed by atoms with Crippen molar-refractivity contribution in [1.82, 2.24) is 5.16 Å². The summed E-state index contributed by atoms with van der Waals surface area (Å²) >= 11 is 0. The van der Waals surface area contributed by atoms with Gasteiger partial charge in [-0.3, -0.25) is 0 Å². The Hall–Kier alpha value is -0.540. The van der Waals surface area contributed by atoms with E-state index in [1.165, 1.54) is 6.26 Å². The molecule has 0 aliphatic carbocycles. The zero-order valence-corrected chi connectivity index (χ0v) is 4.31. The first-order valence-electron chi connectivity index (χ1n) is 1.34. The Morgan fingerprint density at radius 1 is 1.43 bits per heavy atom. The van der Waals surface area contributed by atoms with Crippen LogP contribution in [0.1, 0.15) is 0 Å². The van der Waals surface area contributed by atoms with Crippen LogP contribution in [0.15, 0.2) is 23.0 Å². The topological polar surface area (TPSA) is 57.5 Å². The van der Waals surface area contributed by atoms with Gasteiger partial charge in [0.1, 0.15) is 6.26 Å². The molecule has 1 heterocycles. The molecule has 0 aliphatic heterocycles. The molecule has 0 amide bonds. The second-order valence-corrected chi connectivity index (χ2v) is 0.688. The van der Waals surface area contributed by atoms with Crippen LogP contribution in [-0.4, -0.2) is 10.6 Å². The molecule has 0 spiro atoms. The minimum atomic E-state index is 0. The van der Waals surface area contributed by atoms with Crippen molar-refractivity contribution in [2.45, 2.75) is 0 Å². The highest BCUT2D eigenvalue weighted by molar-refractivity contribution is 5.85. The van der Waals surface area contributed by atoms with E-state index in [0.717, 1.165) is 0 Å². The van der Waals surface area contributed by atoms with Crippen LogP contribution in [-0.2, 0) is 0 Å². The lowest BCUT2D eigenvalue weighted by Gasteiger charge is -1.48. The smallest absolute Gasteiger partial charge is 0.123 e. The largest absolute Gasteiger partial charge is 0.412 e. The molecule has 42 valence electrons. The van der Waals surface area contributed by atoms with Crippen molar-refractivity contribution in [2.24, 2.45) is 0 Å². The molecule has 4 heteroatoms. The summed E-state index contributed by atoms with van der Waals surface area (Å²) in [5.41, 5.74) is 0. The summed E-state index contributed by atoms with van der Waals surface area (Å²) in [6.07, 6.45) is 3.10. The molecule has 7 heavy (non-hydrogen) atoms. The number of hydrogen-bond donors (Lipinski definition) is 0. The molecule has 0 bridgehead atoms. The van der Waals surface area contributed by atoms with Crippen LogP contribution < -0.4 is 0 Å². The molecule has 1 rings (SSSR count). The molecule has 0 aromatic carbocycles. The lowest BCUT2D eigenvalue weighted by Crippen LogP contribution is -1.38. The molecule has 1 aromatic heterocycles. The van der Waals surface area contributed by atoms with E-state index in [1.54, 1.807) is 12.3 Å². The minimum absolute atomic E-state index is 0. The fourth-order valence-corrected chi connectivity index (χ4v) is 0.176. The molecule has 0 fully saturated rings. The fraction of sp³-hybridized carbons (Fsp3) is 0. The Morgan fingerprint density at radius 3 is 2.29 bits per heavy atom. The first-order chi connectivity index (χ1) is 2.50. The third kappa shape index (κ3) is 3.29. The van der Waals surface area contributed by atoms with Crippen molar-refractivity contribution in [3.05, 3.63) is 18.5 Å². The highest BCUT2D eigenvalue weighted by Crippen LogP contribution is 1.72. The van der Waals surface area contributed by atoms with Crippen molar-refractivity contribution in [1.29, 1.82) is 0 Å². The molecule has 0 saturated heterocycles. The molecular formula is C3H6ClNO2. The standard InChI is InChI=1S/C3H3NO.ClH.H2O/c1-2-4-5-3-1;;/h1-3H;1H;1H2. The number of aromatic nitrogens is 1. The maximum Gasteiger partial charge on any atom is 0.123 e. The molecular weight excluding hydrogens is 117 g/mol. The Labute approximate surface area is 47.0 Å². The second kappa shape index (κ2) is 5.46. The molecule has 0 atom stereocenters. The third-order valence-corrected chi connectivity index (χ3v) is 0.347. The quantitative estimate of drug-likeness (QED) is 0.497. The van der Waals surface area contributed by atoms with E-state index in [4.69, 9.17) is 0 Å². The van der Waals surface area contributed by atoms with Crippen LogP contribution in [0.4, 0.5) is 0 Å². The average molecular weight is 124 g/mol. The number of rotatable bonds is 0. The number of hydrogen-bond acceptors (Lipinski definition) is 2. The van der Waals surface area contributed by atoms with Gasteiger partial charge < -0.3 is 10.00 Å². The zero-order chi connectivity index (χ0) is 3.54. The lowest BCUT2D eigenvalue weighted by atomic mass is 10.8. The minimum Gasteiger partial charge on any atom is -0.412 e. The van der Waals surface area contributed by atoms with Crippen LogP contribution in [0, 0.1) is 0 Å². The van der Waals surface area contributed by atoms with Crippen LogP contribution >= 0.6 is 12.4 Å². The van der Waals surface area contributed by atoms with E-state index < -0.39 is 0 Å². The van der Waals surface area contributed by atoms with E-state index in [2.05, 4.69) is 9.68 Å². The van der Waals surface area contributed by atoms with Gasteiger partial charge in [0.05, 0.1) is 6.20 Å². The Bertz CT molecular complexity index is 69.4. The van der Waals surface area contributed by atoms with Gasteiger partial charge >= 0.3 is 0 Å². The van der Waals surface area contributed by atoms with Crippen molar-refractivity contribution in [3.8, 4) is 0 Å². The second-order valence-electron chi connectivity index (χ2n) is 0.688. The Balaban J connectivity index is 0. The summed E-state index contributed by atoms with van der Waals surface area (Å²) in [5, 5.41) is 3.35. The van der Waals surface area contributed by atoms with Crippen LogP contribution in [0.3, 0.4) is 0 Å². The predicted molar refractivity (Wildman–Crippen MR) is 27.4 cm³/mol. The molecule has 3 nitrogen and oxygen atoms in total. The van der Waals surface area contributed by atoms with Crippen LogP contribution in [0.25, 0.3) is 0 Å². The summed E-state index contributed by atoms with van der Waals surface area (Å²) in [4.78, 5) is 0. The van der Waals surface area contributed by atoms with E-state index >= 15 is 0 Å². The van der Waals surface area contributed by atoms with E-state index in [0.29, 0.717) is 0 Å². The molecule has 0 aliphatic rings. The number of nitrogens with zero attached hydrogens (tertiary/aromatic N) is 1. The van der Waals surface area contributed by atoms with Gasteiger partial charge in [-0.05, 0) is 6.07 Å². The average Bonchev–Trinajstić information content (AvgIpc) is 1.76. The van der Waals surface area contributed by atoms with Gasteiger partial charge in [-0.1, -0.05) is 5.16 Å². The van der Waals surface area contributed by atoms with Crippen molar-refractivity contribution >= 4 is 12.4 Å². The lowest BCUT2D eigenvalue weighted by molar-refractivity contribution is 0.420. The SMILES string of the molecule is Cl.O.c1cnoc1. The predicted octanol–water partition coefficient (Wildman–Crippen LogP) is 0.272. The first-order valence-corrected chi connectivity index (χ1v) is 1.34. The highest BCUT2D eigenvalue weighted by atomic mass is 35.5. The Kier molecular flexibility index (Phi) is 7.55. The van der Waals surface area contributed by atoms with Crippen LogP contribution in [0.2, 0.25) is 0 Å². The van der Waals surface area contributed by atoms with E-state index in [1.807, 2.05) is 0 Å². The van der Waals surface area contributed by atoms with Crippen molar-refractivity contribution < 1.29 is 10.00 Å². The monoisotopic (exact) mass is 123 g/mol. The maximum absolute atomic E-state index is 4.33. The summed E-state index contributed by atoms with van der Waals surface area (Å²) in [6, 6.07) is 1.72. The van der Waals surface area contributed by atoms with Gasteiger partial charge in [0.25, 0.3) is 0 Å². The molecule has 0 radical (unpaired) electrons. The van der Waals surface area contributed by atoms with Gasteiger partial charge in [-0.15, -0.1) is 12.4 Å². The van der Waals surface area contributed by atoms with Gasteiger partial charge in [0, 0.05) is 0 Å². The zero-order valence-electron chi connectivity index (χ0n) is 3.50. The molecule has 0 unspecified atom stereocenters. The summed E-state index contributed by atoms with van der Waals surface area (Å²) in [7, 11) is 0. The number of halogens is 1. The summed E-state index contributed by atoms with van der Waals surface area (Å²) in [5.74, 6) is 0. The third-order valence-electron chi connectivity index (χ3n) is 0.347. The summed E-state index contributed by atoms with van der Waals surface area (Å²) in [6.45, 7) is 0. The molecule has 1 aromatic rings. The highest BCUT2D eigenvalue weighted by Gasteiger charge is 1.60. The fourth-order valence-electron chi connectivity index (χ4n) is 0.176.